The van der Waals surface area contributed by atoms with Crippen LogP contribution >= 0.6 is 0 Å². The molecule has 0 atom stereocenters. The zero-order valence-corrected chi connectivity index (χ0v) is 6.06. The maximum absolute atomic E-state index is 10.5. The van der Waals surface area contributed by atoms with E-state index < -0.39 is 0 Å². The Morgan fingerprint density at radius 1 is 1.50 bits per heavy atom. The van der Waals surface area contributed by atoms with E-state index in [1.165, 1.54) is 6.07 Å². The molecule has 0 aliphatic heterocycles. The lowest BCUT2D eigenvalue weighted by Gasteiger charge is -2.21. The SMILES string of the molecule is [O-]N(O)c1ccc2[nH]ncc2c1. The molecule has 1 aromatic heterocycles. The fraction of sp³-hybridized carbons (Fsp3) is 0. The highest BCUT2D eigenvalue weighted by molar-refractivity contribution is 5.81. The van der Waals surface area contributed by atoms with Crippen LogP contribution in [-0.2, 0) is 0 Å². The van der Waals surface area contributed by atoms with Crippen molar-refractivity contribution in [2.24, 2.45) is 0 Å². The molecule has 62 valence electrons. The number of rotatable bonds is 1. The summed E-state index contributed by atoms with van der Waals surface area (Å²) in [7, 11) is 0. The average molecular weight is 164 g/mol. The van der Waals surface area contributed by atoms with Gasteiger partial charge in [0.2, 0.25) is 0 Å². The number of hydrogen-bond acceptors (Lipinski definition) is 4. The van der Waals surface area contributed by atoms with Crippen molar-refractivity contribution in [2.45, 2.75) is 0 Å². The van der Waals surface area contributed by atoms with Crippen LogP contribution in [0.2, 0.25) is 0 Å². The highest BCUT2D eigenvalue weighted by Crippen LogP contribution is 2.18. The smallest absolute Gasteiger partial charge is 0.0651 e. The van der Waals surface area contributed by atoms with Gasteiger partial charge < -0.3 is 10.4 Å². The van der Waals surface area contributed by atoms with Crippen molar-refractivity contribution >= 4 is 16.6 Å². The molecule has 1 aromatic carbocycles. The second kappa shape index (κ2) is 2.47. The first-order chi connectivity index (χ1) is 5.77. The molecule has 0 aliphatic rings. The van der Waals surface area contributed by atoms with Crippen molar-refractivity contribution in [1.29, 1.82) is 0 Å². The van der Waals surface area contributed by atoms with Gasteiger partial charge in [0.15, 0.2) is 0 Å². The molecule has 0 spiro atoms. The lowest BCUT2D eigenvalue weighted by Crippen LogP contribution is -2.06. The van der Waals surface area contributed by atoms with E-state index in [1.807, 2.05) is 0 Å². The van der Waals surface area contributed by atoms with Crippen LogP contribution in [0.25, 0.3) is 10.9 Å². The molecule has 0 bridgehead atoms. The molecule has 0 saturated heterocycles. The van der Waals surface area contributed by atoms with E-state index in [4.69, 9.17) is 5.21 Å². The number of hydrogen-bond donors (Lipinski definition) is 2. The molecule has 0 fully saturated rings. The quantitative estimate of drug-likeness (QED) is 0.622. The van der Waals surface area contributed by atoms with Crippen LogP contribution in [-0.4, -0.2) is 15.4 Å². The molecular formula is C7H6N3O2-. The summed E-state index contributed by atoms with van der Waals surface area (Å²) in [4.78, 5) is 0. The summed E-state index contributed by atoms with van der Waals surface area (Å²) in [5.41, 5.74) is 1.03. The van der Waals surface area contributed by atoms with Gasteiger partial charge in [0.05, 0.1) is 17.4 Å². The normalized spacial score (nSPS) is 10.5. The van der Waals surface area contributed by atoms with E-state index in [-0.39, 0.29) is 10.9 Å². The Bertz CT molecular complexity index is 396. The molecule has 2 aromatic rings. The second-order valence-corrected chi connectivity index (χ2v) is 2.41. The van der Waals surface area contributed by atoms with Gasteiger partial charge in [-0.15, -0.1) is 0 Å². The van der Waals surface area contributed by atoms with Crippen molar-refractivity contribution in [3.05, 3.63) is 29.6 Å². The summed E-state index contributed by atoms with van der Waals surface area (Å²) in [6, 6.07) is 4.73. The number of aromatic nitrogens is 2. The number of nitrogens with one attached hydrogen (secondary N) is 1. The summed E-state index contributed by atoms with van der Waals surface area (Å²) in [6.07, 6.45) is 1.59. The van der Waals surface area contributed by atoms with Gasteiger partial charge in [0.1, 0.15) is 0 Å². The minimum Gasteiger partial charge on any atom is -0.733 e. The van der Waals surface area contributed by atoms with Crippen LogP contribution in [0.3, 0.4) is 0 Å². The average Bonchev–Trinajstić information content (AvgIpc) is 2.49. The maximum Gasteiger partial charge on any atom is 0.0651 e. The van der Waals surface area contributed by atoms with Crippen LogP contribution in [0.4, 0.5) is 5.69 Å². The van der Waals surface area contributed by atoms with Crippen molar-refractivity contribution in [1.82, 2.24) is 10.2 Å². The Labute approximate surface area is 67.8 Å². The van der Waals surface area contributed by atoms with E-state index in [0.29, 0.717) is 0 Å². The minimum absolute atomic E-state index is 0.174. The Morgan fingerprint density at radius 3 is 3.08 bits per heavy atom. The van der Waals surface area contributed by atoms with Gasteiger partial charge in [-0.25, -0.2) is 0 Å². The third-order valence-corrected chi connectivity index (χ3v) is 1.64. The highest BCUT2D eigenvalue weighted by atomic mass is 16.8. The van der Waals surface area contributed by atoms with E-state index in [1.54, 1.807) is 18.3 Å². The van der Waals surface area contributed by atoms with Gasteiger partial charge >= 0.3 is 0 Å². The largest absolute Gasteiger partial charge is 0.733 e. The minimum atomic E-state index is -0.174. The fourth-order valence-electron chi connectivity index (χ4n) is 1.05. The van der Waals surface area contributed by atoms with Crippen LogP contribution in [0.15, 0.2) is 24.4 Å². The summed E-state index contributed by atoms with van der Waals surface area (Å²) in [5.74, 6) is 0. The first kappa shape index (κ1) is 7.08. The molecular weight excluding hydrogens is 158 g/mol. The van der Waals surface area contributed by atoms with Gasteiger partial charge in [-0.2, -0.15) is 5.10 Å². The highest BCUT2D eigenvalue weighted by Gasteiger charge is 1.96. The van der Waals surface area contributed by atoms with Crippen LogP contribution in [0.5, 0.6) is 0 Å². The predicted octanol–water partition coefficient (Wildman–Crippen LogP) is 1.26. The van der Waals surface area contributed by atoms with Crippen LogP contribution < -0.4 is 5.23 Å². The number of benzene rings is 1. The third kappa shape index (κ3) is 1.01. The standard InChI is InChI=1S/C7H6N3O2/c11-10(12)6-1-2-7-5(3-6)4-8-9-7/h1-4,11H,(H,8,9)/q-1. The number of anilines is 1. The summed E-state index contributed by atoms with van der Waals surface area (Å²) < 4.78 is 0. The topological polar surface area (TPSA) is 75.2 Å². The molecule has 5 heteroatoms. The lowest BCUT2D eigenvalue weighted by atomic mass is 10.2. The monoisotopic (exact) mass is 164 g/mol. The molecule has 0 amide bonds. The van der Waals surface area contributed by atoms with Crippen molar-refractivity contribution in [3.8, 4) is 0 Å². The van der Waals surface area contributed by atoms with Gasteiger partial charge in [-0.3, -0.25) is 10.3 Å². The Morgan fingerprint density at radius 2 is 2.33 bits per heavy atom. The van der Waals surface area contributed by atoms with Crippen LogP contribution in [0, 0.1) is 5.21 Å². The van der Waals surface area contributed by atoms with Crippen LogP contribution in [0.1, 0.15) is 0 Å². The zero-order valence-electron chi connectivity index (χ0n) is 6.06. The maximum atomic E-state index is 10.5. The summed E-state index contributed by atoms with van der Waals surface area (Å²) in [5, 5.41) is 26.1. The fourth-order valence-corrected chi connectivity index (χ4v) is 1.05. The zero-order chi connectivity index (χ0) is 8.55. The lowest BCUT2D eigenvalue weighted by molar-refractivity contribution is 0.296. The molecule has 2 N–H and O–H groups in total. The third-order valence-electron chi connectivity index (χ3n) is 1.64. The number of H-pyrrole nitrogens is 1. The molecule has 12 heavy (non-hydrogen) atoms. The van der Waals surface area contributed by atoms with Crippen molar-refractivity contribution < 1.29 is 5.21 Å². The first-order valence-electron chi connectivity index (χ1n) is 3.36. The first-order valence-corrected chi connectivity index (χ1v) is 3.36. The number of aromatic amines is 1. The second-order valence-electron chi connectivity index (χ2n) is 2.41. The van der Waals surface area contributed by atoms with E-state index in [2.05, 4.69) is 10.2 Å². The van der Waals surface area contributed by atoms with Gasteiger partial charge in [0.25, 0.3) is 0 Å². The summed E-state index contributed by atoms with van der Waals surface area (Å²) in [6.45, 7) is 0. The molecule has 0 unspecified atom stereocenters. The number of nitrogens with zero attached hydrogens (tertiary/aromatic N) is 2. The van der Waals surface area contributed by atoms with Gasteiger partial charge in [-0.1, -0.05) is 0 Å². The Hall–Kier alpha value is -1.59. The van der Waals surface area contributed by atoms with Gasteiger partial charge in [0, 0.05) is 5.39 Å². The van der Waals surface area contributed by atoms with Crippen molar-refractivity contribution in [2.75, 3.05) is 5.23 Å². The molecule has 0 saturated carbocycles. The Kier molecular flexibility index (Phi) is 1.46. The van der Waals surface area contributed by atoms with E-state index >= 15 is 0 Å². The molecule has 1 heterocycles. The van der Waals surface area contributed by atoms with E-state index in [9.17, 15) is 5.21 Å². The molecule has 0 aliphatic carbocycles. The molecule has 5 nitrogen and oxygen atoms in total. The van der Waals surface area contributed by atoms with Crippen molar-refractivity contribution in [3.63, 3.8) is 0 Å². The van der Waals surface area contributed by atoms with Gasteiger partial charge in [-0.05, 0) is 18.2 Å². The summed E-state index contributed by atoms with van der Waals surface area (Å²) >= 11 is 0. The predicted molar refractivity (Wildman–Crippen MR) is 43.7 cm³/mol. The molecule has 0 radical (unpaired) electrons. The van der Waals surface area contributed by atoms with E-state index in [0.717, 1.165) is 10.9 Å². The molecule has 2 rings (SSSR count). The Balaban J connectivity index is 2.60. The number of fused-ring (bicyclic) bond motifs is 1.